The molecule has 0 bridgehead atoms. The Balaban J connectivity index is 1.52. The Hall–Kier alpha value is -1.73. The van der Waals surface area contributed by atoms with Crippen molar-refractivity contribution in [1.29, 1.82) is 0 Å². The zero-order valence-electron chi connectivity index (χ0n) is 17.4. The van der Waals surface area contributed by atoms with Crippen LogP contribution in [0.5, 0.6) is 0 Å². The van der Waals surface area contributed by atoms with E-state index in [-0.39, 0.29) is 5.91 Å². The van der Waals surface area contributed by atoms with Crippen molar-refractivity contribution in [3.63, 3.8) is 0 Å². The van der Waals surface area contributed by atoms with Crippen LogP contribution in [-0.4, -0.2) is 70.1 Å². The van der Waals surface area contributed by atoms with E-state index in [0.717, 1.165) is 37.4 Å². The molecular weight excluding hydrogens is 354 g/mol. The van der Waals surface area contributed by atoms with E-state index in [2.05, 4.69) is 15.3 Å². The van der Waals surface area contributed by atoms with Crippen molar-refractivity contribution < 1.29 is 9.90 Å². The molecule has 1 amide bonds. The zero-order valence-corrected chi connectivity index (χ0v) is 17.4. The molecule has 1 aromatic heterocycles. The van der Waals surface area contributed by atoms with Gasteiger partial charge < -0.3 is 15.3 Å². The largest absolute Gasteiger partial charge is 0.379 e. The monoisotopic (exact) mass is 389 g/mol. The van der Waals surface area contributed by atoms with Crippen molar-refractivity contribution in [3.8, 4) is 0 Å². The van der Waals surface area contributed by atoms with Crippen LogP contribution in [0.15, 0.2) is 12.4 Å². The Morgan fingerprint density at radius 2 is 1.96 bits per heavy atom. The summed E-state index contributed by atoms with van der Waals surface area (Å²) in [6.07, 6.45) is 12.6. The van der Waals surface area contributed by atoms with Crippen molar-refractivity contribution in [2.24, 2.45) is 5.92 Å². The number of aromatic nitrogens is 2. The fraction of sp³-hybridized carbons (Fsp3) is 0.762. The molecule has 2 heterocycles. The smallest absolute Gasteiger partial charge is 0.255 e. The molecule has 1 aromatic rings. The lowest BCUT2D eigenvalue weighted by Crippen LogP contribution is -2.58. The van der Waals surface area contributed by atoms with Gasteiger partial charge >= 0.3 is 0 Å². The number of nitrogens with zero attached hydrogens (tertiary/aromatic N) is 4. The average molecular weight is 390 g/mol. The molecule has 0 spiro atoms. The molecule has 2 fully saturated rings. The van der Waals surface area contributed by atoms with Crippen LogP contribution >= 0.6 is 0 Å². The number of amides is 1. The van der Waals surface area contributed by atoms with E-state index in [1.807, 2.05) is 16.8 Å². The van der Waals surface area contributed by atoms with E-state index >= 15 is 0 Å². The molecule has 7 nitrogen and oxygen atoms in total. The second-order valence-electron chi connectivity index (χ2n) is 8.56. The normalized spacial score (nSPS) is 24.0. The lowest BCUT2D eigenvalue weighted by Gasteiger charge is -2.40. The van der Waals surface area contributed by atoms with Crippen molar-refractivity contribution >= 4 is 11.9 Å². The van der Waals surface area contributed by atoms with E-state index in [1.165, 1.54) is 32.1 Å². The summed E-state index contributed by atoms with van der Waals surface area (Å²) in [7, 11) is 3.71. The molecular formula is C21H35N5O2. The maximum Gasteiger partial charge on any atom is 0.255 e. The molecule has 1 atom stereocenters. The summed E-state index contributed by atoms with van der Waals surface area (Å²) >= 11 is 0. The highest BCUT2D eigenvalue weighted by Gasteiger charge is 2.42. The predicted molar refractivity (Wildman–Crippen MR) is 110 cm³/mol. The van der Waals surface area contributed by atoms with Gasteiger partial charge in [0.1, 0.15) is 0 Å². The number of carbonyl (C=O) groups excluding carboxylic acids is 1. The van der Waals surface area contributed by atoms with E-state index in [4.69, 9.17) is 0 Å². The van der Waals surface area contributed by atoms with E-state index < -0.39 is 5.60 Å². The van der Waals surface area contributed by atoms with Gasteiger partial charge in [0.2, 0.25) is 5.95 Å². The van der Waals surface area contributed by atoms with Gasteiger partial charge in [0.05, 0.1) is 0 Å². The zero-order chi connectivity index (χ0) is 20.0. The number of aliphatic hydroxyl groups is 1. The Morgan fingerprint density at radius 3 is 2.64 bits per heavy atom. The number of hydrogen-bond acceptors (Lipinski definition) is 6. The van der Waals surface area contributed by atoms with Gasteiger partial charge in [-0.25, -0.2) is 9.97 Å². The standard InChI is InChI=1S/C21H35N5O2/c1-22-20-23-13-18(14-24-20)15-25(2)16-21(28)10-6-11-26(19(21)27)12-9-17-7-4-3-5-8-17/h13-14,17,28H,3-12,15-16H2,1-2H3,(H,22,23,24)/t21-/m1/s1. The fourth-order valence-corrected chi connectivity index (χ4v) is 4.62. The maximum atomic E-state index is 13.0. The highest BCUT2D eigenvalue weighted by molar-refractivity contribution is 5.86. The number of nitrogens with one attached hydrogen (secondary N) is 1. The third kappa shape index (κ3) is 5.41. The van der Waals surface area contributed by atoms with Crippen LogP contribution in [0.1, 0.15) is 56.9 Å². The van der Waals surface area contributed by atoms with Crippen LogP contribution in [0, 0.1) is 5.92 Å². The molecule has 1 saturated heterocycles. The quantitative estimate of drug-likeness (QED) is 0.710. The van der Waals surface area contributed by atoms with Crippen LogP contribution in [0.2, 0.25) is 0 Å². The summed E-state index contributed by atoms with van der Waals surface area (Å²) in [6.45, 7) is 2.49. The van der Waals surface area contributed by atoms with Gasteiger partial charge in [0.15, 0.2) is 5.60 Å². The van der Waals surface area contributed by atoms with Crippen molar-refractivity contribution in [2.45, 2.75) is 63.5 Å². The number of rotatable bonds is 8. The van der Waals surface area contributed by atoms with Crippen molar-refractivity contribution in [1.82, 2.24) is 19.8 Å². The number of carbonyl (C=O) groups is 1. The van der Waals surface area contributed by atoms with Gasteiger partial charge in [-0.1, -0.05) is 32.1 Å². The van der Waals surface area contributed by atoms with Gasteiger partial charge in [-0.05, 0) is 32.2 Å². The first-order chi connectivity index (χ1) is 13.5. The molecule has 156 valence electrons. The van der Waals surface area contributed by atoms with E-state index in [0.29, 0.717) is 25.5 Å². The molecule has 1 aliphatic carbocycles. The van der Waals surface area contributed by atoms with E-state index in [1.54, 1.807) is 19.4 Å². The van der Waals surface area contributed by atoms with E-state index in [9.17, 15) is 9.90 Å². The summed E-state index contributed by atoms with van der Waals surface area (Å²) in [6, 6.07) is 0. The molecule has 1 aliphatic heterocycles. The Kier molecular flexibility index (Phi) is 7.24. The second-order valence-corrected chi connectivity index (χ2v) is 8.56. The summed E-state index contributed by atoms with van der Waals surface area (Å²) in [4.78, 5) is 25.3. The van der Waals surface area contributed by atoms with Gasteiger partial charge in [-0.3, -0.25) is 9.69 Å². The molecule has 2 N–H and O–H groups in total. The highest BCUT2D eigenvalue weighted by Crippen LogP contribution is 2.29. The van der Waals surface area contributed by atoms with Gasteiger partial charge in [0.25, 0.3) is 5.91 Å². The third-order valence-electron chi connectivity index (χ3n) is 6.15. The molecule has 1 saturated carbocycles. The number of hydrogen-bond donors (Lipinski definition) is 2. The predicted octanol–water partition coefficient (Wildman–Crippen LogP) is 2.27. The van der Waals surface area contributed by atoms with Gasteiger partial charge in [-0.2, -0.15) is 0 Å². The number of likely N-dealkylation sites (tertiary alicyclic amines) is 1. The second kappa shape index (κ2) is 9.65. The fourth-order valence-electron chi connectivity index (χ4n) is 4.62. The number of anilines is 1. The molecule has 7 heteroatoms. The molecule has 0 aromatic carbocycles. The van der Waals surface area contributed by atoms with Crippen LogP contribution in [-0.2, 0) is 11.3 Å². The number of likely N-dealkylation sites (N-methyl/N-ethyl adjacent to an activating group) is 1. The minimum atomic E-state index is -1.29. The molecule has 2 aliphatic rings. The summed E-state index contributed by atoms with van der Waals surface area (Å²) in [5, 5.41) is 14.0. The molecule has 0 radical (unpaired) electrons. The van der Waals surface area contributed by atoms with Crippen LogP contribution < -0.4 is 5.32 Å². The Morgan fingerprint density at radius 1 is 1.25 bits per heavy atom. The molecule has 28 heavy (non-hydrogen) atoms. The first-order valence-corrected chi connectivity index (χ1v) is 10.7. The topological polar surface area (TPSA) is 81.6 Å². The maximum absolute atomic E-state index is 13.0. The third-order valence-corrected chi connectivity index (χ3v) is 6.15. The van der Waals surface area contributed by atoms with Crippen molar-refractivity contribution in [2.75, 3.05) is 39.0 Å². The SMILES string of the molecule is CNc1ncc(CN(C)C[C@]2(O)CCCN(CCC3CCCCC3)C2=O)cn1. The Labute approximate surface area is 168 Å². The van der Waals surface area contributed by atoms with Gasteiger partial charge in [0, 0.05) is 51.2 Å². The average Bonchev–Trinajstić information content (AvgIpc) is 2.70. The minimum Gasteiger partial charge on any atom is -0.379 e. The summed E-state index contributed by atoms with van der Waals surface area (Å²) in [5.41, 5.74) is -0.326. The summed E-state index contributed by atoms with van der Waals surface area (Å²) < 4.78 is 0. The van der Waals surface area contributed by atoms with Crippen LogP contribution in [0.25, 0.3) is 0 Å². The Bertz CT molecular complexity index is 632. The lowest BCUT2D eigenvalue weighted by atomic mass is 9.86. The minimum absolute atomic E-state index is 0.0943. The van der Waals surface area contributed by atoms with Crippen LogP contribution in [0.3, 0.4) is 0 Å². The summed E-state index contributed by atoms with van der Waals surface area (Å²) in [5.74, 6) is 1.24. The molecule has 0 unspecified atom stereocenters. The molecule has 3 rings (SSSR count). The lowest BCUT2D eigenvalue weighted by molar-refractivity contribution is -0.159. The highest BCUT2D eigenvalue weighted by atomic mass is 16.3. The van der Waals surface area contributed by atoms with Crippen molar-refractivity contribution in [3.05, 3.63) is 18.0 Å². The first-order valence-electron chi connectivity index (χ1n) is 10.7. The first kappa shape index (κ1) is 21.0. The van der Waals surface area contributed by atoms with Crippen LogP contribution in [0.4, 0.5) is 5.95 Å². The van der Waals surface area contributed by atoms with Gasteiger partial charge in [-0.15, -0.1) is 0 Å². The number of piperidine rings is 1.